The summed E-state index contributed by atoms with van der Waals surface area (Å²) in [5.41, 5.74) is 3.46. The first-order valence-electron chi connectivity index (χ1n) is 8.14. The van der Waals surface area contributed by atoms with E-state index >= 15 is 0 Å². The highest BCUT2D eigenvalue weighted by Crippen LogP contribution is 2.35. The van der Waals surface area contributed by atoms with E-state index in [-0.39, 0.29) is 11.8 Å². The van der Waals surface area contributed by atoms with E-state index in [1.54, 1.807) is 0 Å². The molecule has 2 unspecified atom stereocenters. The molecule has 3 rings (SSSR count). The van der Waals surface area contributed by atoms with E-state index in [4.69, 9.17) is 4.74 Å². The first kappa shape index (κ1) is 14.4. The number of carbonyl (C=O) groups excluding carboxylic acids is 1. The molecule has 2 heterocycles. The number of amides is 1. The zero-order valence-corrected chi connectivity index (χ0v) is 13.2. The summed E-state index contributed by atoms with van der Waals surface area (Å²) >= 11 is 0. The molecule has 0 saturated heterocycles. The van der Waals surface area contributed by atoms with E-state index < -0.39 is 0 Å². The third-order valence-corrected chi connectivity index (χ3v) is 4.84. The summed E-state index contributed by atoms with van der Waals surface area (Å²) in [6.45, 7) is 7.28. The number of hydrogen-bond acceptors (Lipinski definition) is 2. The van der Waals surface area contributed by atoms with Crippen molar-refractivity contribution in [2.75, 3.05) is 11.9 Å². The van der Waals surface area contributed by atoms with Gasteiger partial charge >= 0.3 is 0 Å². The second-order valence-corrected chi connectivity index (χ2v) is 6.95. The van der Waals surface area contributed by atoms with Gasteiger partial charge in [-0.3, -0.25) is 4.79 Å². The van der Waals surface area contributed by atoms with Crippen LogP contribution in [0.5, 0.6) is 5.75 Å². The lowest BCUT2D eigenvalue weighted by molar-refractivity contribution is -0.121. The SMILES string of the molecule is CC1CCc2cc3c(cc2OC1)CCC(C(C)C)C(=O)N3. The quantitative estimate of drug-likeness (QED) is 0.853. The molecule has 21 heavy (non-hydrogen) atoms. The number of benzene rings is 1. The molecule has 0 bridgehead atoms. The monoisotopic (exact) mass is 287 g/mol. The molecule has 0 fully saturated rings. The van der Waals surface area contributed by atoms with Crippen LogP contribution in [0.1, 0.15) is 44.7 Å². The zero-order valence-electron chi connectivity index (χ0n) is 13.2. The summed E-state index contributed by atoms with van der Waals surface area (Å²) < 4.78 is 5.96. The van der Waals surface area contributed by atoms with Crippen LogP contribution in [0.2, 0.25) is 0 Å². The lowest BCUT2D eigenvalue weighted by Crippen LogP contribution is -2.25. The minimum Gasteiger partial charge on any atom is -0.493 e. The Balaban J connectivity index is 1.91. The molecule has 0 saturated carbocycles. The van der Waals surface area contributed by atoms with Crippen molar-refractivity contribution in [3.05, 3.63) is 23.3 Å². The molecule has 1 amide bonds. The van der Waals surface area contributed by atoms with Crippen LogP contribution in [0.3, 0.4) is 0 Å². The number of rotatable bonds is 1. The highest BCUT2D eigenvalue weighted by molar-refractivity contribution is 5.94. The number of hydrogen-bond donors (Lipinski definition) is 1. The van der Waals surface area contributed by atoms with Crippen molar-refractivity contribution in [2.45, 2.75) is 46.5 Å². The molecule has 0 aliphatic carbocycles. The molecule has 0 spiro atoms. The fourth-order valence-electron chi connectivity index (χ4n) is 3.34. The lowest BCUT2D eigenvalue weighted by Gasteiger charge is -2.16. The van der Waals surface area contributed by atoms with Crippen LogP contribution in [0, 0.1) is 17.8 Å². The molecule has 1 N–H and O–H groups in total. The summed E-state index contributed by atoms with van der Waals surface area (Å²) in [6.07, 6.45) is 4.05. The Kier molecular flexibility index (Phi) is 3.92. The molecule has 2 aliphatic heterocycles. The van der Waals surface area contributed by atoms with Gasteiger partial charge in [0.15, 0.2) is 0 Å². The molecular formula is C18H25NO2. The van der Waals surface area contributed by atoms with Gasteiger partial charge in [-0.2, -0.15) is 0 Å². The Morgan fingerprint density at radius 1 is 1.19 bits per heavy atom. The largest absolute Gasteiger partial charge is 0.493 e. The van der Waals surface area contributed by atoms with Crippen molar-refractivity contribution >= 4 is 11.6 Å². The highest BCUT2D eigenvalue weighted by Gasteiger charge is 2.27. The molecule has 114 valence electrons. The molecule has 0 radical (unpaired) electrons. The van der Waals surface area contributed by atoms with Gasteiger partial charge in [-0.05, 0) is 60.8 Å². The molecular weight excluding hydrogens is 262 g/mol. The maximum absolute atomic E-state index is 12.4. The first-order valence-corrected chi connectivity index (χ1v) is 8.14. The average Bonchev–Trinajstić information content (AvgIpc) is 2.70. The van der Waals surface area contributed by atoms with E-state index in [1.165, 1.54) is 11.1 Å². The predicted octanol–water partition coefficient (Wildman–Crippen LogP) is 3.80. The third-order valence-electron chi connectivity index (χ3n) is 4.84. The summed E-state index contributed by atoms with van der Waals surface area (Å²) in [5, 5.41) is 3.14. The summed E-state index contributed by atoms with van der Waals surface area (Å²) in [6, 6.07) is 4.30. The summed E-state index contributed by atoms with van der Waals surface area (Å²) in [7, 11) is 0. The van der Waals surface area contributed by atoms with Gasteiger partial charge < -0.3 is 10.1 Å². The smallest absolute Gasteiger partial charge is 0.227 e. The Hall–Kier alpha value is -1.51. The van der Waals surface area contributed by atoms with Gasteiger partial charge in [0.05, 0.1) is 6.61 Å². The maximum atomic E-state index is 12.4. The molecule has 2 atom stereocenters. The Bertz CT molecular complexity index is 550. The topological polar surface area (TPSA) is 38.3 Å². The van der Waals surface area contributed by atoms with Crippen molar-refractivity contribution in [2.24, 2.45) is 17.8 Å². The number of carbonyl (C=O) groups is 1. The van der Waals surface area contributed by atoms with Crippen LogP contribution < -0.4 is 10.1 Å². The molecule has 3 nitrogen and oxygen atoms in total. The van der Waals surface area contributed by atoms with E-state index in [9.17, 15) is 4.79 Å². The normalized spacial score (nSPS) is 25.2. The predicted molar refractivity (Wildman–Crippen MR) is 84.7 cm³/mol. The highest BCUT2D eigenvalue weighted by atomic mass is 16.5. The molecule has 3 heteroatoms. The van der Waals surface area contributed by atoms with Crippen LogP contribution in [0.25, 0.3) is 0 Å². The van der Waals surface area contributed by atoms with Gasteiger partial charge in [0, 0.05) is 11.6 Å². The summed E-state index contributed by atoms with van der Waals surface area (Å²) in [5.74, 6) is 2.28. The van der Waals surface area contributed by atoms with Gasteiger partial charge in [-0.25, -0.2) is 0 Å². The standard InChI is InChI=1S/C18H25NO2/c1-11(2)15-7-6-13-9-17-14(5-4-12(3)10-21-17)8-16(13)19-18(15)20/h8-9,11-12,15H,4-7,10H2,1-3H3,(H,19,20). The third kappa shape index (κ3) is 2.92. The van der Waals surface area contributed by atoms with E-state index in [0.29, 0.717) is 11.8 Å². The first-order chi connectivity index (χ1) is 10.0. The number of nitrogens with one attached hydrogen (secondary N) is 1. The molecule has 1 aromatic carbocycles. The second kappa shape index (κ2) is 5.70. The van der Waals surface area contributed by atoms with Gasteiger partial charge in [-0.15, -0.1) is 0 Å². The van der Waals surface area contributed by atoms with E-state index in [0.717, 1.165) is 43.7 Å². The number of anilines is 1. The average molecular weight is 287 g/mol. The number of fused-ring (bicyclic) bond motifs is 2. The number of ether oxygens (including phenoxy) is 1. The van der Waals surface area contributed by atoms with Crippen molar-refractivity contribution in [1.82, 2.24) is 0 Å². The van der Waals surface area contributed by atoms with Gasteiger partial charge in [0.1, 0.15) is 5.75 Å². The van der Waals surface area contributed by atoms with Crippen molar-refractivity contribution in [3.63, 3.8) is 0 Å². The van der Waals surface area contributed by atoms with Crippen LogP contribution in [-0.2, 0) is 17.6 Å². The molecule has 2 aliphatic rings. The fourth-order valence-corrected chi connectivity index (χ4v) is 3.34. The summed E-state index contributed by atoms with van der Waals surface area (Å²) in [4.78, 5) is 12.4. The van der Waals surface area contributed by atoms with E-state index in [1.807, 2.05) is 0 Å². The minimum atomic E-state index is 0.109. The molecule has 0 aromatic heterocycles. The van der Waals surface area contributed by atoms with Crippen LogP contribution >= 0.6 is 0 Å². The van der Waals surface area contributed by atoms with Crippen LogP contribution in [0.15, 0.2) is 12.1 Å². The van der Waals surface area contributed by atoms with Crippen molar-refractivity contribution < 1.29 is 9.53 Å². The van der Waals surface area contributed by atoms with Crippen LogP contribution in [-0.4, -0.2) is 12.5 Å². The van der Waals surface area contributed by atoms with Gasteiger partial charge in [0.2, 0.25) is 5.91 Å². The Morgan fingerprint density at radius 3 is 2.71 bits per heavy atom. The Morgan fingerprint density at radius 2 is 1.95 bits per heavy atom. The van der Waals surface area contributed by atoms with Crippen molar-refractivity contribution in [3.8, 4) is 5.75 Å². The zero-order chi connectivity index (χ0) is 15.0. The van der Waals surface area contributed by atoms with Gasteiger partial charge in [0.25, 0.3) is 0 Å². The fraction of sp³-hybridized carbons (Fsp3) is 0.611. The van der Waals surface area contributed by atoms with Gasteiger partial charge in [-0.1, -0.05) is 20.8 Å². The Labute approximate surface area is 127 Å². The van der Waals surface area contributed by atoms with Crippen molar-refractivity contribution in [1.29, 1.82) is 0 Å². The minimum absolute atomic E-state index is 0.109. The number of aryl methyl sites for hydroxylation is 2. The second-order valence-electron chi connectivity index (χ2n) is 6.95. The van der Waals surface area contributed by atoms with Crippen LogP contribution in [0.4, 0.5) is 5.69 Å². The molecule has 1 aromatic rings. The maximum Gasteiger partial charge on any atom is 0.227 e. The van der Waals surface area contributed by atoms with E-state index in [2.05, 4.69) is 38.2 Å². The lowest BCUT2D eigenvalue weighted by atomic mass is 9.90.